The van der Waals surface area contributed by atoms with Gasteiger partial charge in [0.2, 0.25) is 0 Å². The second kappa shape index (κ2) is 5.23. The molecule has 2 nitrogen and oxygen atoms in total. The summed E-state index contributed by atoms with van der Waals surface area (Å²) in [6, 6.07) is 5.78. The number of hydrogen-bond acceptors (Lipinski definition) is 2. The van der Waals surface area contributed by atoms with Gasteiger partial charge in [-0.15, -0.1) is 0 Å². The standard InChI is InChI=1S/C13H17ClN2S/c1-9-4-6-16(7-5-9)12-3-2-10(14)8-11(12)13(15)17/h2-3,8-9H,4-7H2,1H3,(H2,15,17). The van der Waals surface area contributed by atoms with Crippen molar-refractivity contribution in [2.24, 2.45) is 11.7 Å². The van der Waals surface area contributed by atoms with Gasteiger partial charge in [-0.1, -0.05) is 30.7 Å². The van der Waals surface area contributed by atoms with Gasteiger partial charge in [-0.2, -0.15) is 0 Å². The van der Waals surface area contributed by atoms with E-state index in [9.17, 15) is 0 Å². The van der Waals surface area contributed by atoms with Crippen molar-refractivity contribution in [1.82, 2.24) is 0 Å². The molecule has 1 fully saturated rings. The van der Waals surface area contributed by atoms with Gasteiger partial charge in [0.25, 0.3) is 0 Å². The van der Waals surface area contributed by atoms with E-state index >= 15 is 0 Å². The van der Waals surface area contributed by atoms with E-state index in [1.54, 1.807) is 0 Å². The minimum atomic E-state index is 0.418. The molecule has 1 aliphatic heterocycles. The van der Waals surface area contributed by atoms with E-state index in [2.05, 4.69) is 11.8 Å². The lowest BCUT2D eigenvalue weighted by atomic mass is 9.98. The maximum Gasteiger partial charge on any atom is 0.106 e. The molecule has 1 heterocycles. The first-order valence-electron chi connectivity index (χ1n) is 5.92. The second-order valence-corrected chi connectivity index (χ2v) is 5.57. The van der Waals surface area contributed by atoms with Gasteiger partial charge in [0, 0.05) is 29.4 Å². The Bertz CT molecular complexity index is 425. The van der Waals surface area contributed by atoms with Crippen molar-refractivity contribution in [2.75, 3.05) is 18.0 Å². The summed E-state index contributed by atoms with van der Waals surface area (Å²) in [5.74, 6) is 0.812. The van der Waals surface area contributed by atoms with Crippen LogP contribution in [0.2, 0.25) is 5.02 Å². The highest BCUT2D eigenvalue weighted by molar-refractivity contribution is 7.80. The van der Waals surface area contributed by atoms with Crippen LogP contribution in [0.5, 0.6) is 0 Å². The normalized spacial score (nSPS) is 17.2. The number of nitrogens with two attached hydrogens (primary N) is 1. The minimum absolute atomic E-state index is 0.418. The zero-order chi connectivity index (χ0) is 12.4. The summed E-state index contributed by atoms with van der Waals surface area (Å²) in [7, 11) is 0. The molecule has 0 aromatic heterocycles. The largest absolute Gasteiger partial charge is 0.389 e. The number of benzene rings is 1. The van der Waals surface area contributed by atoms with Gasteiger partial charge in [-0.25, -0.2) is 0 Å². The Morgan fingerprint density at radius 3 is 2.65 bits per heavy atom. The smallest absolute Gasteiger partial charge is 0.106 e. The summed E-state index contributed by atoms with van der Waals surface area (Å²) in [4.78, 5) is 2.77. The van der Waals surface area contributed by atoms with Gasteiger partial charge in [0.05, 0.1) is 0 Å². The zero-order valence-corrected chi connectivity index (χ0v) is 11.5. The van der Waals surface area contributed by atoms with Gasteiger partial charge >= 0.3 is 0 Å². The van der Waals surface area contributed by atoms with Crippen LogP contribution in [0.3, 0.4) is 0 Å². The molecule has 0 spiro atoms. The van der Waals surface area contributed by atoms with E-state index in [1.165, 1.54) is 12.8 Å². The first-order valence-corrected chi connectivity index (χ1v) is 6.71. The van der Waals surface area contributed by atoms with Crippen LogP contribution in [-0.2, 0) is 0 Å². The van der Waals surface area contributed by atoms with E-state index in [0.717, 1.165) is 30.3 Å². The summed E-state index contributed by atoms with van der Waals surface area (Å²) in [6.45, 7) is 4.44. The van der Waals surface area contributed by atoms with Crippen LogP contribution >= 0.6 is 23.8 Å². The molecule has 17 heavy (non-hydrogen) atoms. The highest BCUT2D eigenvalue weighted by atomic mass is 35.5. The number of halogens is 1. The fourth-order valence-electron chi connectivity index (χ4n) is 2.23. The lowest BCUT2D eigenvalue weighted by Crippen LogP contribution is -2.34. The second-order valence-electron chi connectivity index (χ2n) is 4.70. The highest BCUT2D eigenvalue weighted by Crippen LogP contribution is 2.28. The first-order chi connectivity index (χ1) is 8.08. The Morgan fingerprint density at radius 2 is 2.06 bits per heavy atom. The Balaban J connectivity index is 2.28. The molecular weight excluding hydrogens is 252 g/mol. The van der Waals surface area contributed by atoms with Gasteiger partial charge in [0.1, 0.15) is 4.99 Å². The van der Waals surface area contributed by atoms with Crippen molar-refractivity contribution in [2.45, 2.75) is 19.8 Å². The number of thiocarbonyl (C=S) groups is 1. The number of nitrogens with zero attached hydrogens (tertiary/aromatic N) is 1. The number of rotatable bonds is 2. The summed E-state index contributed by atoms with van der Waals surface area (Å²) in [5.41, 5.74) is 7.77. The summed E-state index contributed by atoms with van der Waals surface area (Å²) < 4.78 is 0. The third-order valence-electron chi connectivity index (χ3n) is 3.35. The Morgan fingerprint density at radius 1 is 1.41 bits per heavy atom. The molecule has 0 radical (unpaired) electrons. The molecule has 0 saturated carbocycles. The average Bonchev–Trinajstić information content (AvgIpc) is 2.30. The molecular formula is C13H17ClN2S. The van der Waals surface area contributed by atoms with Crippen LogP contribution in [-0.4, -0.2) is 18.1 Å². The molecule has 2 N–H and O–H groups in total. The topological polar surface area (TPSA) is 29.3 Å². The third-order valence-corrected chi connectivity index (χ3v) is 3.80. The molecule has 1 aliphatic rings. The molecule has 2 rings (SSSR count). The van der Waals surface area contributed by atoms with Crippen molar-refractivity contribution >= 4 is 34.5 Å². The van der Waals surface area contributed by atoms with Crippen LogP contribution in [0.1, 0.15) is 25.3 Å². The zero-order valence-electron chi connectivity index (χ0n) is 9.95. The third kappa shape index (κ3) is 2.90. The minimum Gasteiger partial charge on any atom is -0.389 e. The molecule has 0 atom stereocenters. The number of hydrogen-bond donors (Lipinski definition) is 1. The van der Waals surface area contributed by atoms with Crippen molar-refractivity contribution < 1.29 is 0 Å². The molecule has 0 bridgehead atoms. The lowest BCUT2D eigenvalue weighted by molar-refractivity contribution is 0.438. The predicted octanol–water partition coefficient (Wildman–Crippen LogP) is 3.21. The number of piperidine rings is 1. The maximum atomic E-state index is 5.99. The fraction of sp³-hybridized carbons (Fsp3) is 0.462. The Labute approximate surface area is 113 Å². The number of anilines is 1. The van der Waals surface area contributed by atoms with E-state index < -0.39 is 0 Å². The van der Waals surface area contributed by atoms with E-state index in [4.69, 9.17) is 29.6 Å². The molecule has 1 saturated heterocycles. The van der Waals surface area contributed by atoms with Crippen molar-refractivity contribution in [3.05, 3.63) is 28.8 Å². The Kier molecular flexibility index (Phi) is 3.89. The molecule has 4 heteroatoms. The van der Waals surface area contributed by atoms with Gasteiger partial charge in [-0.05, 0) is 37.0 Å². The van der Waals surface area contributed by atoms with Gasteiger partial charge < -0.3 is 10.6 Å². The first kappa shape index (κ1) is 12.7. The molecule has 1 aromatic carbocycles. The van der Waals surface area contributed by atoms with Crippen molar-refractivity contribution in [3.8, 4) is 0 Å². The Hall–Kier alpha value is -0.800. The quantitative estimate of drug-likeness (QED) is 0.836. The van der Waals surface area contributed by atoms with Crippen LogP contribution in [0.25, 0.3) is 0 Å². The summed E-state index contributed by atoms with van der Waals surface area (Å²) >= 11 is 11.1. The van der Waals surface area contributed by atoms with Gasteiger partial charge in [0.15, 0.2) is 0 Å². The van der Waals surface area contributed by atoms with Crippen LogP contribution in [0, 0.1) is 5.92 Å². The summed E-state index contributed by atoms with van der Waals surface area (Å²) in [5, 5.41) is 0.682. The molecule has 0 amide bonds. The highest BCUT2D eigenvalue weighted by Gasteiger charge is 2.19. The van der Waals surface area contributed by atoms with Crippen LogP contribution in [0.15, 0.2) is 18.2 Å². The predicted molar refractivity (Wildman–Crippen MR) is 78.0 cm³/mol. The average molecular weight is 269 g/mol. The SMILES string of the molecule is CC1CCN(c2ccc(Cl)cc2C(N)=S)CC1. The van der Waals surface area contributed by atoms with E-state index in [0.29, 0.717) is 10.0 Å². The van der Waals surface area contributed by atoms with E-state index in [-0.39, 0.29) is 0 Å². The van der Waals surface area contributed by atoms with Gasteiger partial charge in [-0.3, -0.25) is 0 Å². The van der Waals surface area contributed by atoms with E-state index in [1.807, 2.05) is 18.2 Å². The van der Waals surface area contributed by atoms with Crippen LogP contribution < -0.4 is 10.6 Å². The molecule has 1 aromatic rings. The molecule has 0 aliphatic carbocycles. The molecule has 92 valence electrons. The van der Waals surface area contributed by atoms with Crippen molar-refractivity contribution in [3.63, 3.8) is 0 Å². The van der Waals surface area contributed by atoms with Crippen molar-refractivity contribution in [1.29, 1.82) is 0 Å². The maximum absolute atomic E-state index is 5.99. The molecule has 0 unspecified atom stereocenters. The summed E-state index contributed by atoms with van der Waals surface area (Å²) in [6.07, 6.45) is 2.44. The monoisotopic (exact) mass is 268 g/mol. The fourth-order valence-corrected chi connectivity index (χ4v) is 2.57. The van der Waals surface area contributed by atoms with Crippen LogP contribution in [0.4, 0.5) is 5.69 Å². The lowest BCUT2D eigenvalue weighted by Gasteiger charge is -2.33.